The van der Waals surface area contributed by atoms with E-state index in [4.69, 9.17) is 25.5 Å². The first-order valence-corrected chi connectivity index (χ1v) is 13.8. The van der Waals surface area contributed by atoms with Gasteiger partial charge in [-0.2, -0.15) is 8.78 Å². The van der Waals surface area contributed by atoms with E-state index < -0.39 is 17.8 Å². The second kappa shape index (κ2) is 13.4. The van der Waals surface area contributed by atoms with Gasteiger partial charge < -0.3 is 20.5 Å². The van der Waals surface area contributed by atoms with Gasteiger partial charge in [0.2, 0.25) is 5.91 Å². The van der Waals surface area contributed by atoms with Crippen molar-refractivity contribution in [3.05, 3.63) is 48.3 Å². The highest BCUT2D eigenvalue weighted by molar-refractivity contribution is 7.97. The third-order valence-electron chi connectivity index (χ3n) is 6.31. The molecule has 3 aromatic heterocycles. The number of amides is 1. The average molecular weight is 561 g/mol. The molecule has 1 amide bonds. The zero-order valence-electron chi connectivity index (χ0n) is 22.0. The number of β-amino-alcohol motifs (C(OH)–C–C–N with tert-alkyl or cyclic N) is 1. The quantitative estimate of drug-likeness (QED) is 0.436. The van der Waals surface area contributed by atoms with Crippen molar-refractivity contribution in [2.45, 2.75) is 57.2 Å². The predicted octanol–water partition coefficient (Wildman–Crippen LogP) is 3.65. The number of rotatable bonds is 6. The number of primary amides is 1. The number of carbonyl (C=O) groups excluding carboxylic acids is 1. The molecule has 9 nitrogen and oxygen atoms in total. The lowest BCUT2D eigenvalue weighted by atomic mass is 10.1. The molecular weight excluding hydrogens is 526 g/mol. The molecule has 0 spiro atoms. The smallest absolute Gasteiger partial charge is 0.298 e. The highest BCUT2D eigenvalue weighted by atomic mass is 32.2. The van der Waals surface area contributed by atoms with Crippen LogP contribution in [0.15, 0.2) is 42.6 Å². The minimum absolute atomic E-state index is 0.100. The van der Waals surface area contributed by atoms with Gasteiger partial charge in [-0.05, 0) is 69.0 Å². The van der Waals surface area contributed by atoms with Crippen LogP contribution in [0.4, 0.5) is 14.6 Å². The van der Waals surface area contributed by atoms with Crippen molar-refractivity contribution in [3.63, 3.8) is 0 Å². The number of aliphatic hydroxyl groups is 1. The van der Waals surface area contributed by atoms with Crippen molar-refractivity contribution in [3.8, 4) is 11.4 Å². The molecule has 3 aromatic rings. The van der Waals surface area contributed by atoms with Gasteiger partial charge in [0.25, 0.3) is 5.76 Å². The first kappa shape index (κ1) is 29.1. The summed E-state index contributed by atoms with van der Waals surface area (Å²) in [6.07, 6.45) is 3.28. The number of aromatic nitrogens is 3. The highest BCUT2D eigenvalue weighted by Gasteiger charge is 2.23. The number of fused-ring (bicyclic) bond motifs is 1. The van der Waals surface area contributed by atoms with Gasteiger partial charge in [-0.3, -0.25) is 9.78 Å². The summed E-state index contributed by atoms with van der Waals surface area (Å²) in [6, 6.07) is 11.7. The van der Waals surface area contributed by atoms with Gasteiger partial charge in [-0.25, -0.2) is 14.3 Å². The maximum atomic E-state index is 11.8. The Morgan fingerprint density at radius 3 is 2.59 bits per heavy atom. The highest BCUT2D eigenvalue weighted by Crippen LogP contribution is 2.25. The summed E-state index contributed by atoms with van der Waals surface area (Å²) in [6.45, 7) is 6.81. The molecule has 2 aliphatic rings. The van der Waals surface area contributed by atoms with Crippen LogP contribution < -0.4 is 10.6 Å². The molecule has 3 unspecified atom stereocenters. The number of morpholine rings is 1. The maximum absolute atomic E-state index is 11.8. The lowest BCUT2D eigenvalue weighted by Gasteiger charge is -2.36. The Bertz CT molecular complexity index is 1260. The van der Waals surface area contributed by atoms with E-state index in [9.17, 15) is 13.6 Å². The second-order valence-electron chi connectivity index (χ2n) is 9.80. The molecule has 3 N–H and O–H groups in total. The van der Waals surface area contributed by atoms with E-state index in [1.807, 2.05) is 30.3 Å². The van der Waals surface area contributed by atoms with Crippen molar-refractivity contribution in [1.82, 2.24) is 19.3 Å². The maximum Gasteiger partial charge on any atom is 0.298 e. The fraction of sp³-hybridized carbons (Fsp3) is 0.481. The summed E-state index contributed by atoms with van der Waals surface area (Å²) < 4.78 is 30.9. The van der Waals surface area contributed by atoms with E-state index in [0.717, 1.165) is 54.0 Å². The number of aliphatic hydroxyl groups excluding tert-OH is 1. The van der Waals surface area contributed by atoms with Gasteiger partial charge in [-0.1, -0.05) is 6.07 Å². The van der Waals surface area contributed by atoms with Crippen LogP contribution in [0.25, 0.3) is 22.3 Å². The van der Waals surface area contributed by atoms with E-state index in [0.29, 0.717) is 30.7 Å². The van der Waals surface area contributed by atoms with Crippen molar-refractivity contribution in [1.29, 1.82) is 0 Å². The second-order valence-corrected chi connectivity index (χ2v) is 10.9. The number of ether oxygens (including phenoxy) is 1. The van der Waals surface area contributed by atoms with E-state index in [1.165, 1.54) is 4.31 Å². The number of alkyl halides is 2. The molecule has 210 valence electrons. The van der Waals surface area contributed by atoms with Crippen LogP contribution >= 0.6 is 11.9 Å². The summed E-state index contributed by atoms with van der Waals surface area (Å²) in [4.78, 5) is 27.2. The first-order chi connectivity index (χ1) is 18.7. The Morgan fingerprint density at radius 2 is 1.90 bits per heavy atom. The summed E-state index contributed by atoms with van der Waals surface area (Å²) in [5, 5.41) is 10.00. The number of nitrogens with two attached hydrogens (primary N) is 1. The van der Waals surface area contributed by atoms with Gasteiger partial charge in [-0.15, -0.1) is 0 Å². The Balaban J connectivity index is 0.000000270. The molecule has 5 rings (SSSR count). The Morgan fingerprint density at radius 1 is 1.15 bits per heavy atom. The molecule has 0 radical (unpaired) electrons. The van der Waals surface area contributed by atoms with Crippen LogP contribution in [0.2, 0.25) is 0 Å². The van der Waals surface area contributed by atoms with Crippen LogP contribution in [0, 0.1) is 0 Å². The monoisotopic (exact) mass is 560 g/mol. The molecule has 0 aromatic carbocycles. The van der Waals surface area contributed by atoms with Gasteiger partial charge in [0, 0.05) is 37.8 Å². The molecule has 12 heteroatoms. The SMILES string of the molecule is CC1CN(c2cccc(-c3ccc4cnc(CC(N)=O)cc4n3)n2)CC(C)O1.OC1CCCN(SC(F)F)C1. The lowest BCUT2D eigenvalue weighted by Crippen LogP contribution is -2.45. The average Bonchev–Trinajstić information content (AvgIpc) is 2.87. The third-order valence-corrected chi connectivity index (χ3v) is 7.10. The fourth-order valence-corrected chi connectivity index (χ4v) is 5.43. The van der Waals surface area contributed by atoms with E-state index in [2.05, 4.69) is 23.7 Å². The number of carbonyl (C=O) groups is 1. The summed E-state index contributed by atoms with van der Waals surface area (Å²) in [7, 11) is 0. The van der Waals surface area contributed by atoms with Crippen LogP contribution in [0.3, 0.4) is 0 Å². The molecule has 3 atom stereocenters. The minimum atomic E-state index is -2.36. The van der Waals surface area contributed by atoms with Crippen LogP contribution in [-0.2, 0) is 16.0 Å². The zero-order chi connectivity index (χ0) is 27.9. The number of halogens is 2. The molecule has 0 bridgehead atoms. The van der Waals surface area contributed by atoms with Crippen molar-refractivity contribution in [2.24, 2.45) is 5.73 Å². The molecule has 5 heterocycles. The Labute approximate surface area is 230 Å². The first-order valence-electron chi connectivity index (χ1n) is 13.0. The molecule has 2 saturated heterocycles. The summed E-state index contributed by atoms with van der Waals surface area (Å²) in [5.41, 5.74) is 8.24. The van der Waals surface area contributed by atoms with Gasteiger partial charge in [0.15, 0.2) is 0 Å². The number of anilines is 1. The molecule has 39 heavy (non-hydrogen) atoms. The minimum Gasteiger partial charge on any atom is -0.392 e. The number of hydrogen-bond donors (Lipinski definition) is 2. The van der Waals surface area contributed by atoms with Crippen LogP contribution in [0.1, 0.15) is 32.4 Å². The number of pyridine rings is 3. The van der Waals surface area contributed by atoms with Crippen molar-refractivity contribution < 1.29 is 23.4 Å². The molecule has 0 aliphatic carbocycles. The van der Waals surface area contributed by atoms with E-state index >= 15 is 0 Å². The fourth-order valence-electron chi connectivity index (χ4n) is 4.71. The Hall–Kier alpha value is -2.93. The molecule has 2 aliphatic heterocycles. The van der Waals surface area contributed by atoms with Crippen molar-refractivity contribution >= 4 is 34.6 Å². The van der Waals surface area contributed by atoms with Crippen LogP contribution in [-0.4, -0.2) is 80.5 Å². The zero-order valence-corrected chi connectivity index (χ0v) is 22.9. The van der Waals surface area contributed by atoms with Gasteiger partial charge in [0.1, 0.15) is 5.82 Å². The standard InChI is InChI=1S/C21H23N5O2.C6H11F2NOS/c1-13-11-26(12-14(2)28-13)21-5-3-4-17(25-21)18-7-6-15-10-23-16(9-20(22)27)8-19(15)24-18;7-6(8)11-9-3-1-2-5(10)4-9/h3-8,10,13-14H,9,11-12H2,1-2H3,(H2,22,27);5-6,10H,1-4H2. The molecule has 0 saturated carbocycles. The number of hydrogen-bond acceptors (Lipinski definition) is 9. The van der Waals surface area contributed by atoms with E-state index in [1.54, 1.807) is 12.3 Å². The van der Waals surface area contributed by atoms with E-state index in [-0.39, 0.29) is 18.6 Å². The van der Waals surface area contributed by atoms with Gasteiger partial charge in [0.05, 0.1) is 47.3 Å². The predicted molar refractivity (Wildman–Crippen MR) is 148 cm³/mol. The topological polar surface area (TPSA) is 118 Å². The largest absolute Gasteiger partial charge is 0.392 e. The summed E-state index contributed by atoms with van der Waals surface area (Å²) >= 11 is 0.519. The molecular formula is C27H34F2N6O3S. The lowest BCUT2D eigenvalue weighted by molar-refractivity contribution is -0.117. The number of nitrogens with zero attached hydrogens (tertiary/aromatic N) is 5. The summed E-state index contributed by atoms with van der Waals surface area (Å²) in [5.74, 6) is -1.85. The van der Waals surface area contributed by atoms with Crippen molar-refractivity contribution in [2.75, 3.05) is 31.1 Å². The van der Waals surface area contributed by atoms with Gasteiger partial charge >= 0.3 is 0 Å². The third kappa shape index (κ3) is 8.53. The Kier molecular flexibility index (Phi) is 10.0. The number of piperidine rings is 1. The normalized spacial score (nSPS) is 22.0. The molecule has 2 fully saturated rings. The van der Waals surface area contributed by atoms with Crippen LogP contribution in [0.5, 0.6) is 0 Å².